The third-order valence-corrected chi connectivity index (χ3v) is 4.51. The Morgan fingerprint density at radius 2 is 1.41 bits per heavy atom. The van der Waals surface area contributed by atoms with Crippen LogP contribution in [0.3, 0.4) is 0 Å². The molecule has 1 saturated carbocycles. The average Bonchev–Trinajstić information content (AvgIpc) is 3.00. The Balaban J connectivity index is 1.84. The monoisotopic (exact) mass is 314 g/mol. The first-order valence-electron chi connectivity index (χ1n) is 7.63. The molecule has 0 bridgehead atoms. The van der Waals surface area contributed by atoms with E-state index in [-0.39, 0.29) is 17.4 Å². The van der Waals surface area contributed by atoms with E-state index < -0.39 is 0 Å². The highest BCUT2D eigenvalue weighted by molar-refractivity contribution is 6.30. The third-order valence-electron chi connectivity index (χ3n) is 4.26. The lowest BCUT2D eigenvalue weighted by Gasteiger charge is -2.14. The summed E-state index contributed by atoms with van der Waals surface area (Å²) in [6, 6.07) is 11.0. The molecule has 114 valence electrons. The van der Waals surface area contributed by atoms with Crippen LogP contribution >= 0.6 is 11.6 Å². The van der Waals surface area contributed by atoms with E-state index in [0.29, 0.717) is 10.6 Å². The normalized spacial score (nSPS) is 15.7. The molecule has 2 aromatic rings. The molecule has 1 aliphatic rings. The van der Waals surface area contributed by atoms with Gasteiger partial charge in [-0.1, -0.05) is 48.7 Å². The molecule has 3 heteroatoms. The lowest BCUT2D eigenvalue weighted by atomic mass is 9.94. The Kier molecular flexibility index (Phi) is 4.39. The highest BCUT2D eigenvalue weighted by atomic mass is 35.5. The standard InChI is InChI=1S/C19H19ClO2/c20-16-9-7-13(8-10-16)5-6-14-11-17(21)19(18(22)12-14)15-3-1-2-4-15/h5-12,15,21-22H,1-4H2/b6-5+. The molecule has 0 spiro atoms. The Labute approximate surface area is 135 Å². The summed E-state index contributed by atoms with van der Waals surface area (Å²) < 4.78 is 0. The summed E-state index contributed by atoms with van der Waals surface area (Å²) >= 11 is 5.86. The van der Waals surface area contributed by atoms with Crippen LogP contribution < -0.4 is 0 Å². The molecular formula is C19H19ClO2. The zero-order valence-electron chi connectivity index (χ0n) is 12.3. The Morgan fingerprint density at radius 1 is 0.864 bits per heavy atom. The van der Waals surface area contributed by atoms with E-state index in [1.807, 2.05) is 36.4 Å². The van der Waals surface area contributed by atoms with Crippen LogP contribution in [-0.4, -0.2) is 10.2 Å². The van der Waals surface area contributed by atoms with Gasteiger partial charge >= 0.3 is 0 Å². The maximum absolute atomic E-state index is 10.3. The Hall–Kier alpha value is -1.93. The van der Waals surface area contributed by atoms with Crippen molar-refractivity contribution in [2.24, 2.45) is 0 Å². The zero-order valence-corrected chi connectivity index (χ0v) is 13.1. The molecule has 1 aliphatic carbocycles. The lowest BCUT2D eigenvalue weighted by Crippen LogP contribution is -1.94. The van der Waals surface area contributed by atoms with Crippen molar-refractivity contribution in [3.05, 3.63) is 58.1 Å². The van der Waals surface area contributed by atoms with E-state index in [1.54, 1.807) is 12.1 Å². The van der Waals surface area contributed by atoms with Gasteiger partial charge in [0, 0.05) is 10.6 Å². The highest BCUT2D eigenvalue weighted by Gasteiger charge is 2.23. The summed E-state index contributed by atoms with van der Waals surface area (Å²) in [7, 11) is 0. The molecule has 0 heterocycles. The Bertz CT molecular complexity index is 660. The van der Waals surface area contributed by atoms with Crippen molar-refractivity contribution >= 4 is 23.8 Å². The number of halogens is 1. The second kappa shape index (κ2) is 6.45. The van der Waals surface area contributed by atoms with E-state index in [4.69, 9.17) is 11.6 Å². The molecule has 0 aromatic heterocycles. The van der Waals surface area contributed by atoms with Crippen molar-refractivity contribution in [1.29, 1.82) is 0 Å². The van der Waals surface area contributed by atoms with E-state index in [0.717, 1.165) is 24.0 Å². The number of aromatic hydroxyl groups is 2. The fourth-order valence-electron chi connectivity index (χ4n) is 3.14. The number of phenolic OH excluding ortho intramolecular Hbond substituents is 2. The van der Waals surface area contributed by atoms with Gasteiger partial charge in [-0.2, -0.15) is 0 Å². The number of rotatable bonds is 3. The summed E-state index contributed by atoms with van der Waals surface area (Å²) in [4.78, 5) is 0. The van der Waals surface area contributed by atoms with Crippen LogP contribution in [0.4, 0.5) is 0 Å². The quantitative estimate of drug-likeness (QED) is 0.726. The number of hydrogen-bond acceptors (Lipinski definition) is 2. The van der Waals surface area contributed by atoms with Crippen molar-refractivity contribution in [3.63, 3.8) is 0 Å². The van der Waals surface area contributed by atoms with Crippen molar-refractivity contribution in [2.45, 2.75) is 31.6 Å². The van der Waals surface area contributed by atoms with Gasteiger partial charge in [0.1, 0.15) is 11.5 Å². The molecule has 22 heavy (non-hydrogen) atoms. The number of hydrogen-bond donors (Lipinski definition) is 2. The minimum atomic E-state index is 0.197. The zero-order chi connectivity index (χ0) is 15.5. The van der Waals surface area contributed by atoms with E-state index in [1.165, 1.54) is 12.8 Å². The summed E-state index contributed by atoms with van der Waals surface area (Å²) in [6.07, 6.45) is 8.23. The molecule has 2 nitrogen and oxygen atoms in total. The largest absolute Gasteiger partial charge is 0.507 e. The van der Waals surface area contributed by atoms with Crippen LogP contribution in [0.2, 0.25) is 5.02 Å². The lowest BCUT2D eigenvalue weighted by molar-refractivity contribution is 0.428. The smallest absolute Gasteiger partial charge is 0.123 e. The minimum Gasteiger partial charge on any atom is -0.507 e. The van der Waals surface area contributed by atoms with Gasteiger partial charge in [-0.05, 0) is 54.2 Å². The molecule has 0 radical (unpaired) electrons. The highest BCUT2D eigenvalue weighted by Crippen LogP contribution is 2.43. The molecule has 0 unspecified atom stereocenters. The first kappa shape index (κ1) is 15.0. The van der Waals surface area contributed by atoms with Crippen LogP contribution in [0.15, 0.2) is 36.4 Å². The predicted molar refractivity (Wildman–Crippen MR) is 91.4 cm³/mol. The third kappa shape index (κ3) is 3.28. The topological polar surface area (TPSA) is 40.5 Å². The predicted octanol–water partition coefficient (Wildman–Crippen LogP) is 5.58. The van der Waals surface area contributed by atoms with Crippen molar-refractivity contribution < 1.29 is 10.2 Å². The van der Waals surface area contributed by atoms with Gasteiger partial charge in [0.25, 0.3) is 0 Å². The van der Waals surface area contributed by atoms with Crippen LogP contribution in [-0.2, 0) is 0 Å². The van der Waals surface area contributed by atoms with E-state index in [2.05, 4.69) is 0 Å². The van der Waals surface area contributed by atoms with Gasteiger partial charge in [0.2, 0.25) is 0 Å². The molecule has 0 aliphatic heterocycles. The van der Waals surface area contributed by atoms with E-state index in [9.17, 15) is 10.2 Å². The Morgan fingerprint density at radius 3 is 2.00 bits per heavy atom. The number of phenols is 2. The summed E-state index contributed by atoms with van der Waals surface area (Å²) in [5.41, 5.74) is 2.51. The first-order valence-corrected chi connectivity index (χ1v) is 8.01. The molecule has 2 N–H and O–H groups in total. The van der Waals surface area contributed by atoms with Gasteiger partial charge in [-0.3, -0.25) is 0 Å². The number of benzene rings is 2. The fraction of sp³-hybridized carbons (Fsp3) is 0.263. The van der Waals surface area contributed by atoms with Crippen molar-refractivity contribution in [3.8, 4) is 11.5 Å². The summed E-state index contributed by atoms with van der Waals surface area (Å²) in [6.45, 7) is 0. The van der Waals surface area contributed by atoms with Crippen molar-refractivity contribution in [1.82, 2.24) is 0 Å². The fourth-order valence-corrected chi connectivity index (χ4v) is 3.27. The maximum atomic E-state index is 10.3. The molecule has 0 amide bonds. The van der Waals surface area contributed by atoms with Gasteiger partial charge in [-0.25, -0.2) is 0 Å². The van der Waals surface area contributed by atoms with E-state index >= 15 is 0 Å². The molecule has 2 aromatic carbocycles. The SMILES string of the molecule is Oc1cc(/C=C/c2ccc(Cl)cc2)cc(O)c1C1CCCC1. The van der Waals surface area contributed by atoms with Gasteiger partial charge in [-0.15, -0.1) is 0 Å². The van der Waals surface area contributed by atoms with Gasteiger partial charge in [0.05, 0.1) is 0 Å². The van der Waals surface area contributed by atoms with Crippen molar-refractivity contribution in [2.75, 3.05) is 0 Å². The second-order valence-corrected chi connectivity index (χ2v) is 6.28. The molecule has 3 rings (SSSR count). The molecule has 1 fully saturated rings. The second-order valence-electron chi connectivity index (χ2n) is 5.84. The van der Waals surface area contributed by atoms with Crippen LogP contribution in [0.1, 0.15) is 48.3 Å². The maximum Gasteiger partial charge on any atom is 0.123 e. The molecule has 0 atom stereocenters. The van der Waals surface area contributed by atoms with Gasteiger partial charge < -0.3 is 10.2 Å². The van der Waals surface area contributed by atoms with Crippen LogP contribution in [0.25, 0.3) is 12.2 Å². The average molecular weight is 315 g/mol. The minimum absolute atomic E-state index is 0.197. The van der Waals surface area contributed by atoms with Crippen LogP contribution in [0.5, 0.6) is 11.5 Å². The molecule has 0 saturated heterocycles. The van der Waals surface area contributed by atoms with Gasteiger partial charge in [0.15, 0.2) is 0 Å². The van der Waals surface area contributed by atoms with Crippen LogP contribution in [0, 0.1) is 0 Å². The summed E-state index contributed by atoms with van der Waals surface area (Å²) in [5, 5.41) is 21.2. The first-order chi connectivity index (χ1) is 10.6. The molecular weight excluding hydrogens is 296 g/mol. The summed E-state index contributed by atoms with van der Waals surface area (Å²) in [5.74, 6) is 0.680.